The SMILES string of the molecule is COC(=O)C(Cc1ccc(OC)cc1)C(=O)OC. The lowest BCUT2D eigenvalue weighted by Crippen LogP contribution is -2.28. The molecule has 0 spiro atoms. The van der Waals surface area contributed by atoms with Crippen LogP contribution in [-0.4, -0.2) is 33.3 Å². The van der Waals surface area contributed by atoms with Crippen LogP contribution in [0.2, 0.25) is 0 Å². The fourth-order valence-corrected chi connectivity index (χ4v) is 1.54. The predicted molar refractivity (Wildman–Crippen MR) is 64.2 cm³/mol. The Bertz CT molecular complexity index is 394. The highest BCUT2D eigenvalue weighted by Gasteiger charge is 2.28. The van der Waals surface area contributed by atoms with Crippen LogP contribution in [0.3, 0.4) is 0 Å². The van der Waals surface area contributed by atoms with Gasteiger partial charge in [-0.2, -0.15) is 0 Å². The molecule has 5 nitrogen and oxygen atoms in total. The lowest BCUT2D eigenvalue weighted by Gasteiger charge is -2.12. The lowest BCUT2D eigenvalue weighted by atomic mass is 9.99. The van der Waals surface area contributed by atoms with E-state index in [2.05, 4.69) is 9.47 Å². The number of esters is 2. The van der Waals surface area contributed by atoms with Crippen LogP contribution < -0.4 is 4.74 Å². The molecule has 0 saturated heterocycles. The van der Waals surface area contributed by atoms with Crippen molar-refractivity contribution in [1.82, 2.24) is 0 Å². The van der Waals surface area contributed by atoms with Crippen LogP contribution in [-0.2, 0) is 25.5 Å². The van der Waals surface area contributed by atoms with Gasteiger partial charge >= 0.3 is 11.9 Å². The highest BCUT2D eigenvalue weighted by molar-refractivity contribution is 5.95. The van der Waals surface area contributed by atoms with Gasteiger partial charge in [0.05, 0.1) is 21.3 Å². The lowest BCUT2D eigenvalue weighted by molar-refractivity contribution is -0.158. The molecular weight excluding hydrogens is 236 g/mol. The average molecular weight is 252 g/mol. The molecule has 18 heavy (non-hydrogen) atoms. The van der Waals surface area contributed by atoms with Crippen LogP contribution in [0.4, 0.5) is 0 Å². The summed E-state index contributed by atoms with van der Waals surface area (Å²) < 4.78 is 14.2. The molecule has 0 aromatic heterocycles. The first-order chi connectivity index (χ1) is 8.62. The number of carbonyl (C=O) groups is 2. The van der Waals surface area contributed by atoms with Gasteiger partial charge in [0.15, 0.2) is 5.92 Å². The molecule has 5 heteroatoms. The molecule has 0 aliphatic rings. The smallest absolute Gasteiger partial charge is 0.320 e. The van der Waals surface area contributed by atoms with Crippen molar-refractivity contribution in [2.75, 3.05) is 21.3 Å². The van der Waals surface area contributed by atoms with Gasteiger partial charge in [0.1, 0.15) is 5.75 Å². The van der Waals surface area contributed by atoms with Crippen molar-refractivity contribution >= 4 is 11.9 Å². The minimum absolute atomic E-state index is 0.239. The number of hydrogen-bond acceptors (Lipinski definition) is 5. The standard InChI is InChI=1S/C13H16O5/c1-16-10-6-4-9(5-7-10)8-11(12(14)17-2)13(15)18-3/h4-7,11H,8H2,1-3H3. The summed E-state index contributed by atoms with van der Waals surface area (Å²) in [5.41, 5.74) is 0.830. The largest absolute Gasteiger partial charge is 0.497 e. The van der Waals surface area contributed by atoms with Crippen molar-refractivity contribution in [3.05, 3.63) is 29.8 Å². The fourth-order valence-electron chi connectivity index (χ4n) is 1.54. The van der Waals surface area contributed by atoms with Crippen LogP contribution in [0, 0.1) is 5.92 Å². The number of benzene rings is 1. The van der Waals surface area contributed by atoms with Crippen LogP contribution in [0.15, 0.2) is 24.3 Å². The van der Waals surface area contributed by atoms with E-state index in [0.29, 0.717) is 5.75 Å². The molecule has 98 valence electrons. The highest BCUT2D eigenvalue weighted by atomic mass is 16.5. The zero-order chi connectivity index (χ0) is 13.5. The third-order valence-corrected chi connectivity index (χ3v) is 2.57. The second-order valence-electron chi connectivity index (χ2n) is 3.65. The number of hydrogen-bond donors (Lipinski definition) is 0. The molecule has 0 unspecified atom stereocenters. The van der Waals surface area contributed by atoms with Crippen molar-refractivity contribution in [2.24, 2.45) is 5.92 Å². The molecule has 0 N–H and O–H groups in total. The van der Waals surface area contributed by atoms with Crippen LogP contribution in [0.1, 0.15) is 5.56 Å². The predicted octanol–water partition coefficient (Wildman–Crippen LogP) is 1.20. The van der Waals surface area contributed by atoms with Crippen LogP contribution >= 0.6 is 0 Å². The fraction of sp³-hybridized carbons (Fsp3) is 0.385. The maximum Gasteiger partial charge on any atom is 0.320 e. The highest BCUT2D eigenvalue weighted by Crippen LogP contribution is 2.16. The number of methoxy groups -OCH3 is 3. The minimum Gasteiger partial charge on any atom is -0.497 e. The summed E-state index contributed by atoms with van der Waals surface area (Å²) in [6, 6.07) is 7.11. The van der Waals surface area contributed by atoms with Crippen LogP contribution in [0.5, 0.6) is 5.75 Å². The molecule has 1 aromatic carbocycles. The van der Waals surface area contributed by atoms with Crippen molar-refractivity contribution in [2.45, 2.75) is 6.42 Å². The Morgan fingerprint density at radius 1 is 1.00 bits per heavy atom. The van der Waals surface area contributed by atoms with Gasteiger partial charge in [-0.05, 0) is 24.1 Å². The molecule has 0 bridgehead atoms. The first kappa shape index (κ1) is 14.0. The van der Waals surface area contributed by atoms with E-state index in [1.54, 1.807) is 31.4 Å². The van der Waals surface area contributed by atoms with Gasteiger partial charge in [-0.15, -0.1) is 0 Å². The van der Waals surface area contributed by atoms with E-state index in [-0.39, 0.29) is 6.42 Å². The second-order valence-corrected chi connectivity index (χ2v) is 3.65. The zero-order valence-corrected chi connectivity index (χ0v) is 10.6. The molecule has 0 amide bonds. The quantitative estimate of drug-likeness (QED) is 0.582. The van der Waals surface area contributed by atoms with E-state index in [4.69, 9.17) is 4.74 Å². The third-order valence-electron chi connectivity index (χ3n) is 2.57. The zero-order valence-electron chi connectivity index (χ0n) is 10.6. The maximum atomic E-state index is 11.5. The summed E-state index contributed by atoms with van der Waals surface area (Å²) in [5, 5.41) is 0. The molecule has 0 aliphatic heterocycles. The van der Waals surface area contributed by atoms with Gasteiger partial charge in [0, 0.05) is 0 Å². The van der Waals surface area contributed by atoms with Crippen LogP contribution in [0.25, 0.3) is 0 Å². The van der Waals surface area contributed by atoms with Crippen molar-refractivity contribution in [3.8, 4) is 5.75 Å². The topological polar surface area (TPSA) is 61.8 Å². The summed E-state index contributed by atoms with van der Waals surface area (Å²) in [4.78, 5) is 23.0. The molecule has 0 heterocycles. The number of carbonyl (C=O) groups excluding carboxylic acids is 2. The summed E-state index contributed by atoms with van der Waals surface area (Å²) >= 11 is 0. The first-order valence-corrected chi connectivity index (χ1v) is 5.41. The molecule has 1 aromatic rings. The first-order valence-electron chi connectivity index (χ1n) is 5.41. The number of ether oxygens (including phenoxy) is 3. The van der Waals surface area contributed by atoms with Gasteiger partial charge in [-0.3, -0.25) is 9.59 Å². The Hall–Kier alpha value is -2.04. The van der Waals surface area contributed by atoms with Gasteiger partial charge in [0.2, 0.25) is 0 Å². The Kier molecular flexibility index (Phi) is 5.17. The summed E-state index contributed by atoms with van der Waals surface area (Å²) in [7, 11) is 4.05. The Balaban J connectivity index is 2.82. The molecule has 0 aliphatic carbocycles. The summed E-state index contributed by atoms with van der Waals surface area (Å²) in [5.74, 6) is -1.42. The monoisotopic (exact) mass is 252 g/mol. The van der Waals surface area contributed by atoms with Gasteiger partial charge in [-0.25, -0.2) is 0 Å². The molecule has 1 rings (SSSR count). The average Bonchev–Trinajstić information content (AvgIpc) is 2.43. The second kappa shape index (κ2) is 6.64. The third kappa shape index (κ3) is 3.48. The van der Waals surface area contributed by atoms with E-state index in [1.165, 1.54) is 14.2 Å². The van der Waals surface area contributed by atoms with Gasteiger partial charge < -0.3 is 14.2 Å². The molecule has 0 radical (unpaired) electrons. The number of rotatable bonds is 5. The van der Waals surface area contributed by atoms with Crippen molar-refractivity contribution in [1.29, 1.82) is 0 Å². The maximum absolute atomic E-state index is 11.5. The normalized spacial score (nSPS) is 10.0. The van der Waals surface area contributed by atoms with Gasteiger partial charge in [0.25, 0.3) is 0 Å². The summed E-state index contributed by atoms with van der Waals surface area (Å²) in [6.07, 6.45) is 0.239. The molecule has 0 fully saturated rings. The Morgan fingerprint density at radius 3 is 1.89 bits per heavy atom. The molecule has 0 atom stereocenters. The molecular formula is C13H16O5. The van der Waals surface area contributed by atoms with E-state index >= 15 is 0 Å². The van der Waals surface area contributed by atoms with E-state index in [0.717, 1.165) is 5.56 Å². The minimum atomic E-state index is -0.937. The van der Waals surface area contributed by atoms with E-state index < -0.39 is 17.9 Å². The van der Waals surface area contributed by atoms with E-state index in [9.17, 15) is 9.59 Å². The van der Waals surface area contributed by atoms with Gasteiger partial charge in [-0.1, -0.05) is 12.1 Å². The van der Waals surface area contributed by atoms with Crippen molar-refractivity contribution in [3.63, 3.8) is 0 Å². The Morgan fingerprint density at radius 2 is 1.50 bits per heavy atom. The molecule has 0 saturated carbocycles. The summed E-state index contributed by atoms with van der Waals surface area (Å²) in [6.45, 7) is 0. The van der Waals surface area contributed by atoms with E-state index in [1.807, 2.05) is 0 Å². The van der Waals surface area contributed by atoms with Crippen molar-refractivity contribution < 1.29 is 23.8 Å². The Labute approximate surface area is 106 Å².